The van der Waals surface area contributed by atoms with E-state index in [0.29, 0.717) is 71.1 Å². The maximum Gasteiger partial charge on any atom is 0.274 e. The van der Waals surface area contributed by atoms with Gasteiger partial charge in [0.15, 0.2) is 11.6 Å². The lowest BCUT2D eigenvalue weighted by Crippen LogP contribution is -2.25. The molecule has 74 heavy (non-hydrogen) atoms. The lowest BCUT2D eigenvalue weighted by molar-refractivity contribution is 0.101. The molecule has 0 aliphatic rings. The fourth-order valence-corrected chi connectivity index (χ4v) is 8.75. The molecule has 0 unspecified atom stereocenters. The third kappa shape index (κ3) is 9.46. The Hall–Kier alpha value is -10.4. The molecule has 2 amide bonds. The van der Waals surface area contributed by atoms with E-state index in [9.17, 15) is 9.59 Å². The van der Waals surface area contributed by atoms with Crippen LogP contribution in [0.4, 0.5) is 34.4 Å². The molecule has 0 aliphatic carbocycles. The topological polar surface area (TPSA) is 264 Å². The second-order valence-electron chi connectivity index (χ2n) is 17.4. The number of benzene rings is 4. The van der Waals surface area contributed by atoms with Gasteiger partial charge in [0, 0.05) is 81.6 Å². The van der Waals surface area contributed by atoms with Crippen molar-refractivity contribution in [2.45, 2.75) is 13.1 Å². The predicted molar refractivity (Wildman–Crippen MR) is 281 cm³/mol. The standard InChI is InChI=1S/C53H41N19O2/c1-71(18-19-72-46-25-32(3-2-31(46)24-47(72)53(74)65-40-11-17-57-59-29-40)50-54-14-12-48(67-50)62-37-4-7-42-34(21-37)26-60-69-42)30-36-20-33(23-45-41(36)6-9-44(66-45)52(73)64-39-10-16-56-58-28-39)51-55-15-13-49(68-51)63-38-5-8-43-35(22-38)27-61-70-43/h2-17,20-29H,18-19,30H2,1H3,(H,60,69)(H,61,70)(H,54,62,67)(H,55,63,68)(H,56,64,73)(H,57,65,74). The normalized spacial score (nSPS) is 11.4. The van der Waals surface area contributed by atoms with Crippen molar-refractivity contribution in [1.29, 1.82) is 0 Å². The number of likely N-dealkylation sites (N-methyl/N-ethyl adjacent to an activating group) is 1. The van der Waals surface area contributed by atoms with Crippen LogP contribution < -0.4 is 21.3 Å². The van der Waals surface area contributed by atoms with E-state index in [4.69, 9.17) is 15.0 Å². The third-order valence-corrected chi connectivity index (χ3v) is 12.3. The summed E-state index contributed by atoms with van der Waals surface area (Å²) in [5.41, 5.74) is 9.01. The minimum absolute atomic E-state index is 0.213. The molecule has 0 saturated carbocycles. The fourth-order valence-electron chi connectivity index (χ4n) is 8.75. The molecule has 0 spiro atoms. The fraction of sp³-hybridized carbons (Fsp3) is 0.0755. The van der Waals surface area contributed by atoms with Crippen LogP contribution >= 0.6 is 0 Å². The molecule has 6 N–H and O–H groups in total. The molecule has 0 saturated heterocycles. The van der Waals surface area contributed by atoms with Crippen LogP contribution in [0.15, 0.2) is 159 Å². The van der Waals surface area contributed by atoms with E-state index < -0.39 is 5.91 Å². The highest BCUT2D eigenvalue weighted by molar-refractivity contribution is 6.07. The van der Waals surface area contributed by atoms with Gasteiger partial charge in [-0.25, -0.2) is 24.9 Å². The maximum absolute atomic E-state index is 14.1. The van der Waals surface area contributed by atoms with E-state index in [1.807, 2.05) is 90.5 Å². The quantitative estimate of drug-likeness (QED) is 0.0562. The Bertz CT molecular complexity index is 4050. The van der Waals surface area contributed by atoms with Crippen LogP contribution in [0, 0.1) is 0 Å². The van der Waals surface area contributed by atoms with Gasteiger partial charge in [-0.1, -0.05) is 18.2 Å². The summed E-state index contributed by atoms with van der Waals surface area (Å²) in [6, 6.07) is 34.2. The van der Waals surface area contributed by atoms with Crippen LogP contribution in [0.1, 0.15) is 26.5 Å². The molecular weight excluding hydrogens is 935 g/mol. The highest BCUT2D eigenvalue weighted by Crippen LogP contribution is 2.31. The van der Waals surface area contributed by atoms with Crippen LogP contribution in [-0.2, 0) is 13.1 Å². The SMILES string of the molecule is CN(CCn1c(C(=O)Nc2ccnnc2)cc2ccc(-c3nccc(Nc4ccc5[nH]ncc5c4)n3)cc21)Cc1cc(-c2nccc(Nc3ccc4[nH]ncc4c3)n2)cc2nc(C(=O)Nc3ccnnc3)ccc12. The number of H-pyrrole nitrogens is 2. The Morgan fingerprint density at radius 2 is 1.22 bits per heavy atom. The first-order valence-corrected chi connectivity index (χ1v) is 23.3. The molecule has 21 nitrogen and oxygen atoms in total. The highest BCUT2D eigenvalue weighted by atomic mass is 16.2. The van der Waals surface area contributed by atoms with Crippen molar-refractivity contribution >= 4 is 89.8 Å². The van der Waals surface area contributed by atoms with Gasteiger partial charge in [0.05, 0.1) is 65.1 Å². The molecule has 8 aromatic heterocycles. The molecule has 0 aliphatic heterocycles. The Labute approximate surface area is 419 Å². The summed E-state index contributed by atoms with van der Waals surface area (Å²) in [6.07, 6.45) is 13.0. The van der Waals surface area contributed by atoms with Crippen LogP contribution in [-0.4, -0.2) is 101 Å². The minimum atomic E-state index is -0.400. The molecule has 0 bridgehead atoms. The van der Waals surface area contributed by atoms with Gasteiger partial charge in [-0.2, -0.15) is 30.6 Å². The van der Waals surface area contributed by atoms with Crippen molar-refractivity contribution in [3.63, 3.8) is 0 Å². The van der Waals surface area contributed by atoms with Gasteiger partial charge in [-0.3, -0.25) is 19.8 Å². The number of hydrogen-bond donors (Lipinski definition) is 6. The molecule has 0 radical (unpaired) electrons. The van der Waals surface area contributed by atoms with Crippen LogP contribution in [0.3, 0.4) is 0 Å². The van der Waals surface area contributed by atoms with Gasteiger partial charge in [-0.05, 0) is 104 Å². The molecular formula is C53H41N19O2. The van der Waals surface area contributed by atoms with E-state index in [0.717, 1.165) is 60.6 Å². The second kappa shape index (κ2) is 19.4. The van der Waals surface area contributed by atoms with Gasteiger partial charge in [0.1, 0.15) is 23.0 Å². The number of anilines is 6. The molecule has 360 valence electrons. The van der Waals surface area contributed by atoms with Gasteiger partial charge >= 0.3 is 0 Å². The average Bonchev–Trinajstić information content (AvgIpc) is 4.20. The van der Waals surface area contributed by atoms with Gasteiger partial charge in [0.25, 0.3) is 11.8 Å². The van der Waals surface area contributed by atoms with E-state index in [1.165, 1.54) is 24.8 Å². The van der Waals surface area contributed by atoms with E-state index in [1.54, 1.807) is 49.1 Å². The Kier molecular flexibility index (Phi) is 11.7. The number of carbonyl (C=O) groups excluding carboxylic acids is 2. The Balaban J connectivity index is 0.857. The molecule has 8 heterocycles. The number of amides is 2. The van der Waals surface area contributed by atoms with Crippen LogP contribution in [0.2, 0.25) is 0 Å². The molecule has 0 fully saturated rings. The van der Waals surface area contributed by atoms with E-state index in [-0.39, 0.29) is 11.6 Å². The number of nitrogens with one attached hydrogen (secondary N) is 6. The second-order valence-corrected chi connectivity index (χ2v) is 17.4. The molecule has 12 rings (SSSR count). The molecule has 21 heteroatoms. The van der Waals surface area contributed by atoms with Crippen molar-refractivity contribution < 1.29 is 9.59 Å². The summed E-state index contributed by atoms with van der Waals surface area (Å²) < 4.78 is 2.01. The lowest BCUT2D eigenvalue weighted by atomic mass is 10.0. The Morgan fingerprint density at radius 3 is 1.86 bits per heavy atom. The Morgan fingerprint density at radius 1 is 0.568 bits per heavy atom. The number of nitrogens with zero attached hydrogens (tertiary/aromatic N) is 13. The van der Waals surface area contributed by atoms with E-state index >= 15 is 0 Å². The van der Waals surface area contributed by atoms with Crippen LogP contribution in [0.5, 0.6) is 0 Å². The zero-order valence-corrected chi connectivity index (χ0v) is 39.3. The van der Waals surface area contributed by atoms with Crippen molar-refractivity contribution in [1.82, 2.24) is 75.2 Å². The summed E-state index contributed by atoms with van der Waals surface area (Å²) in [5, 5.41) is 46.0. The maximum atomic E-state index is 14.1. The number of rotatable bonds is 15. The summed E-state index contributed by atoms with van der Waals surface area (Å²) in [6.45, 7) is 1.39. The summed E-state index contributed by atoms with van der Waals surface area (Å²) >= 11 is 0. The third-order valence-electron chi connectivity index (χ3n) is 12.3. The highest BCUT2D eigenvalue weighted by Gasteiger charge is 2.20. The summed E-state index contributed by atoms with van der Waals surface area (Å²) in [4.78, 5) is 53.8. The number of aromatic nitrogens is 14. The van der Waals surface area contributed by atoms with Crippen molar-refractivity contribution in [2.24, 2.45) is 0 Å². The number of pyridine rings is 1. The van der Waals surface area contributed by atoms with E-state index in [2.05, 4.69) is 83.0 Å². The minimum Gasteiger partial charge on any atom is -0.340 e. The van der Waals surface area contributed by atoms with Crippen molar-refractivity contribution in [2.75, 3.05) is 34.9 Å². The summed E-state index contributed by atoms with van der Waals surface area (Å²) in [5.74, 6) is 1.47. The lowest BCUT2D eigenvalue weighted by Gasteiger charge is -2.20. The van der Waals surface area contributed by atoms with Gasteiger partial charge in [-0.15, -0.1) is 0 Å². The first kappa shape index (κ1) is 44.8. The first-order valence-electron chi connectivity index (χ1n) is 23.3. The number of carbonyl (C=O) groups is 2. The first-order chi connectivity index (χ1) is 36.3. The predicted octanol–water partition coefficient (Wildman–Crippen LogP) is 8.56. The monoisotopic (exact) mass is 975 g/mol. The zero-order valence-electron chi connectivity index (χ0n) is 39.3. The van der Waals surface area contributed by atoms with Crippen molar-refractivity contribution in [3.8, 4) is 22.8 Å². The van der Waals surface area contributed by atoms with Crippen LogP contribution in [0.25, 0.3) is 66.4 Å². The number of aromatic amines is 2. The molecule has 12 aromatic rings. The zero-order chi connectivity index (χ0) is 50.0. The molecule has 4 aromatic carbocycles. The van der Waals surface area contributed by atoms with Gasteiger partial charge in [0.2, 0.25) is 0 Å². The smallest absolute Gasteiger partial charge is 0.274 e. The van der Waals surface area contributed by atoms with Gasteiger partial charge < -0.3 is 30.7 Å². The number of fused-ring (bicyclic) bond motifs is 4. The number of hydrogen-bond acceptors (Lipinski definition) is 16. The largest absolute Gasteiger partial charge is 0.340 e. The summed E-state index contributed by atoms with van der Waals surface area (Å²) in [7, 11) is 2.02. The molecule has 0 atom stereocenters. The average molecular weight is 976 g/mol. The van der Waals surface area contributed by atoms with Crippen molar-refractivity contribution in [3.05, 3.63) is 176 Å².